The molecule has 0 aromatic carbocycles. The highest BCUT2D eigenvalue weighted by Gasteiger charge is 2.20. The number of hydrogen-bond acceptors (Lipinski definition) is 6. The minimum absolute atomic E-state index is 0.0316. The average Bonchev–Trinajstić information content (AvgIpc) is 3.07. The largest absolute Gasteiger partial charge is 0.382 e. The first-order valence-corrected chi connectivity index (χ1v) is 8.54. The van der Waals surface area contributed by atoms with Gasteiger partial charge >= 0.3 is 0 Å². The van der Waals surface area contributed by atoms with E-state index >= 15 is 0 Å². The summed E-state index contributed by atoms with van der Waals surface area (Å²) in [6.45, 7) is 4.95. The van der Waals surface area contributed by atoms with Crippen molar-refractivity contribution in [2.45, 2.75) is 26.3 Å². The fraction of sp³-hybridized carbons (Fsp3) is 0.429. The van der Waals surface area contributed by atoms with E-state index in [0.717, 1.165) is 23.0 Å². The van der Waals surface area contributed by atoms with Gasteiger partial charge in [-0.3, -0.25) is 4.79 Å². The van der Waals surface area contributed by atoms with Crippen molar-refractivity contribution in [2.24, 2.45) is 0 Å². The fourth-order valence-electron chi connectivity index (χ4n) is 1.95. The van der Waals surface area contributed by atoms with Crippen LogP contribution in [0.25, 0.3) is 0 Å². The molecule has 0 radical (unpaired) electrons. The molecule has 5 nitrogen and oxygen atoms in total. The van der Waals surface area contributed by atoms with Gasteiger partial charge in [0.05, 0.1) is 6.04 Å². The fourth-order valence-corrected chi connectivity index (χ4v) is 3.56. The van der Waals surface area contributed by atoms with E-state index in [-0.39, 0.29) is 11.9 Å². The van der Waals surface area contributed by atoms with Gasteiger partial charge in [-0.05, 0) is 24.8 Å². The Kier molecular flexibility index (Phi) is 5.19. The Labute approximate surface area is 132 Å². The minimum atomic E-state index is -0.165. The van der Waals surface area contributed by atoms with Gasteiger partial charge in [0.15, 0.2) is 5.13 Å². The SMILES string of the molecule is CCCN(C)c1nc(N)c(C(=O)NC(C)c2cccs2)s1. The van der Waals surface area contributed by atoms with Crippen LogP contribution in [0, 0.1) is 0 Å². The number of anilines is 2. The Hall–Kier alpha value is -1.60. The van der Waals surface area contributed by atoms with Gasteiger partial charge < -0.3 is 16.0 Å². The second-order valence-corrected chi connectivity index (χ2v) is 6.80. The molecule has 0 fully saturated rings. The molecule has 1 amide bonds. The van der Waals surface area contributed by atoms with Gasteiger partial charge in [0.1, 0.15) is 10.7 Å². The molecule has 114 valence electrons. The van der Waals surface area contributed by atoms with Crippen molar-refractivity contribution >= 4 is 39.5 Å². The molecule has 0 spiro atoms. The molecule has 0 bridgehead atoms. The van der Waals surface area contributed by atoms with Crippen LogP contribution in [-0.2, 0) is 0 Å². The zero-order chi connectivity index (χ0) is 15.4. The predicted octanol–water partition coefficient (Wildman–Crippen LogP) is 3.12. The average molecular weight is 324 g/mol. The first-order valence-electron chi connectivity index (χ1n) is 6.84. The van der Waals surface area contributed by atoms with E-state index in [9.17, 15) is 4.79 Å². The van der Waals surface area contributed by atoms with Crippen LogP contribution in [0.15, 0.2) is 17.5 Å². The summed E-state index contributed by atoms with van der Waals surface area (Å²) in [4.78, 5) is 20.2. The number of aromatic nitrogens is 1. The number of nitrogen functional groups attached to an aromatic ring is 1. The second-order valence-electron chi connectivity index (χ2n) is 4.84. The second kappa shape index (κ2) is 6.91. The third-order valence-electron chi connectivity index (χ3n) is 3.05. The first kappa shape index (κ1) is 15.8. The summed E-state index contributed by atoms with van der Waals surface area (Å²) in [5.74, 6) is 0.135. The summed E-state index contributed by atoms with van der Waals surface area (Å²) < 4.78 is 0. The van der Waals surface area contributed by atoms with Gasteiger partial charge in [0.25, 0.3) is 5.91 Å². The number of thiophene rings is 1. The van der Waals surface area contributed by atoms with E-state index in [4.69, 9.17) is 5.73 Å². The molecule has 2 rings (SSSR count). The van der Waals surface area contributed by atoms with Crippen molar-refractivity contribution in [3.63, 3.8) is 0 Å². The van der Waals surface area contributed by atoms with Crippen LogP contribution >= 0.6 is 22.7 Å². The van der Waals surface area contributed by atoms with E-state index in [2.05, 4.69) is 17.2 Å². The third kappa shape index (κ3) is 3.74. The van der Waals surface area contributed by atoms with Crippen LogP contribution in [0.2, 0.25) is 0 Å². The molecule has 0 aliphatic heterocycles. The number of carbonyl (C=O) groups is 1. The molecule has 0 saturated carbocycles. The summed E-state index contributed by atoms with van der Waals surface area (Å²) >= 11 is 2.96. The Morgan fingerprint density at radius 3 is 2.95 bits per heavy atom. The number of rotatable bonds is 6. The molecule has 21 heavy (non-hydrogen) atoms. The lowest BCUT2D eigenvalue weighted by molar-refractivity contribution is 0.0945. The smallest absolute Gasteiger partial charge is 0.265 e. The van der Waals surface area contributed by atoms with Crippen molar-refractivity contribution in [3.8, 4) is 0 Å². The molecule has 1 atom stereocenters. The number of carbonyl (C=O) groups excluding carboxylic acids is 1. The summed E-state index contributed by atoms with van der Waals surface area (Å²) in [6.07, 6.45) is 1.02. The zero-order valence-corrected chi connectivity index (χ0v) is 14.1. The molecule has 1 unspecified atom stereocenters. The van der Waals surface area contributed by atoms with Gasteiger partial charge in [-0.2, -0.15) is 0 Å². The van der Waals surface area contributed by atoms with E-state index in [0.29, 0.717) is 10.7 Å². The number of nitrogens with one attached hydrogen (secondary N) is 1. The van der Waals surface area contributed by atoms with Crippen LogP contribution < -0.4 is 16.0 Å². The molecular weight excluding hydrogens is 304 g/mol. The maximum absolute atomic E-state index is 12.3. The predicted molar refractivity (Wildman–Crippen MR) is 90.3 cm³/mol. The number of nitrogens with two attached hydrogens (primary N) is 1. The minimum Gasteiger partial charge on any atom is -0.382 e. The lowest BCUT2D eigenvalue weighted by Gasteiger charge is -2.13. The van der Waals surface area contributed by atoms with Gasteiger partial charge in [0.2, 0.25) is 0 Å². The maximum Gasteiger partial charge on any atom is 0.265 e. The Morgan fingerprint density at radius 1 is 1.57 bits per heavy atom. The lowest BCUT2D eigenvalue weighted by Crippen LogP contribution is -2.26. The standard InChI is InChI=1S/C14H20N4OS2/c1-4-7-18(3)14-17-12(15)11(21-14)13(19)16-9(2)10-6-5-8-20-10/h5-6,8-9H,4,7,15H2,1-3H3,(H,16,19). The molecule has 0 aliphatic carbocycles. The van der Waals surface area contributed by atoms with Crippen LogP contribution in [0.5, 0.6) is 0 Å². The molecule has 2 heterocycles. The summed E-state index contributed by atoms with van der Waals surface area (Å²) in [5.41, 5.74) is 5.89. The van der Waals surface area contributed by atoms with Crippen molar-refractivity contribution in [3.05, 3.63) is 27.3 Å². The molecule has 7 heteroatoms. The van der Waals surface area contributed by atoms with E-state index in [1.54, 1.807) is 11.3 Å². The normalized spacial score (nSPS) is 12.1. The Balaban J connectivity index is 2.09. The Bertz CT molecular complexity index is 594. The van der Waals surface area contributed by atoms with Crippen molar-refractivity contribution < 1.29 is 4.79 Å². The highest BCUT2D eigenvalue weighted by molar-refractivity contribution is 7.18. The molecule has 2 aromatic heterocycles. The monoisotopic (exact) mass is 324 g/mol. The summed E-state index contributed by atoms with van der Waals surface area (Å²) in [6, 6.07) is 3.95. The maximum atomic E-state index is 12.3. The topological polar surface area (TPSA) is 71.2 Å². The Morgan fingerprint density at radius 2 is 2.33 bits per heavy atom. The van der Waals surface area contributed by atoms with E-state index < -0.39 is 0 Å². The van der Waals surface area contributed by atoms with Crippen molar-refractivity contribution in [1.29, 1.82) is 0 Å². The highest BCUT2D eigenvalue weighted by atomic mass is 32.1. The van der Waals surface area contributed by atoms with Crippen molar-refractivity contribution in [1.82, 2.24) is 10.3 Å². The van der Waals surface area contributed by atoms with Crippen LogP contribution in [-0.4, -0.2) is 24.5 Å². The molecule has 2 aromatic rings. The molecule has 3 N–H and O–H groups in total. The lowest BCUT2D eigenvalue weighted by atomic mass is 10.2. The quantitative estimate of drug-likeness (QED) is 0.856. The molecular formula is C14H20N4OS2. The summed E-state index contributed by atoms with van der Waals surface area (Å²) in [5, 5.41) is 5.74. The number of thiazole rings is 1. The van der Waals surface area contributed by atoms with Crippen molar-refractivity contribution in [2.75, 3.05) is 24.2 Å². The number of nitrogens with zero attached hydrogens (tertiary/aromatic N) is 2. The van der Waals surface area contributed by atoms with Crippen LogP contribution in [0.3, 0.4) is 0 Å². The van der Waals surface area contributed by atoms with Gasteiger partial charge in [-0.15, -0.1) is 11.3 Å². The van der Waals surface area contributed by atoms with Gasteiger partial charge in [0, 0.05) is 18.5 Å². The van der Waals surface area contributed by atoms with E-state index in [1.807, 2.05) is 36.4 Å². The van der Waals surface area contributed by atoms with Gasteiger partial charge in [-0.1, -0.05) is 24.3 Å². The molecule has 0 aliphatic rings. The van der Waals surface area contributed by atoms with Crippen LogP contribution in [0.1, 0.15) is 40.9 Å². The van der Waals surface area contributed by atoms with E-state index in [1.165, 1.54) is 11.3 Å². The zero-order valence-electron chi connectivity index (χ0n) is 12.4. The highest BCUT2D eigenvalue weighted by Crippen LogP contribution is 2.28. The van der Waals surface area contributed by atoms with Gasteiger partial charge in [-0.25, -0.2) is 4.98 Å². The number of hydrogen-bond donors (Lipinski definition) is 2. The number of amides is 1. The first-order chi connectivity index (χ1) is 10.0. The third-order valence-corrected chi connectivity index (χ3v) is 5.29. The summed E-state index contributed by atoms with van der Waals surface area (Å²) in [7, 11) is 1.96. The van der Waals surface area contributed by atoms with Crippen LogP contribution in [0.4, 0.5) is 10.9 Å². The molecule has 0 saturated heterocycles.